The summed E-state index contributed by atoms with van der Waals surface area (Å²) in [5, 5.41) is 31.9. The molecule has 0 heterocycles. The first-order valence-electron chi connectivity index (χ1n) is 24.9. The quantitative estimate of drug-likeness (QED) is 0.0122. The Kier molecular flexibility index (Phi) is 36.5. The Morgan fingerprint density at radius 3 is 1.36 bits per heavy atom. The second-order valence-corrected chi connectivity index (χ2v) is 21.2. The SMILES string of the molecule is CCCCCCC=CCCCCCCCCCC(=O)OCC(COP(=O)(O)OC1C(O)C(O)C(OP(=O)(O)O)C(OP(=O)(O)O)C1O)OC(=O)CCCC=CCC=CCC=CCCCCCCCC. The number of phosphoric ester groups is 3. The lowest BCUT2D eigenvalue weighted by atomic mass is 9.85. The van der Waals surface area contributed by atoms with Gasteiger partial charge in [-0.05, 0) is 70.6 Å². The van der Waals surface area contributed by atoms with Crippen LogP contribution >= 0.6 is 23.5 Å². The lowest BCUT2D eigenvalue weighted by Gasteiger charge is -2.44. The largest absolute Gasteiger partial charge is 0.472 e. The summed E-state index contributed by atoms with van der Waals surface area (Å²) in [4.78, 5) is 73.2. The average Bonchev–Trinajstić information content (AvgIpc) is 3.28. The van der Waals surface area contributed by atoms with Gasteiger partial charge in [0.05, 0.1) is 6.61 Å². The summed E-state index contributed by atoms with van der Waals surface area (Å²) in [6, 6.07) is 0. The number of ether oxygens (including phenoxy) is 2. The molecule has 402 valence electrons. The molecule has 0 aromatic rings. The maximum Gasteiger partial charge on any atom is 0.472 e. The third-order valence-electron chi connectivity index (χ3n) is 11.1. The molecular weight excluding hydrogens is 961 g/mol. The van der Waals surface area contributed by atoms with Crippen molar-refractivity contribution in [2.24, 2.45) is 0 Å². The molecule has 8 unspecified atom stereocenters. The van der Waals surface area contributed by atoms with Crippen LogP contribution in [0.2, 0.25) is 0 Å². The van der Waals surface area contributed by atoms with Crippen LogP contribution in [0.25, 0.3) is 0 Å². The molecule has 1 fully saturated rings. The van der Waals surface area contributed by atoms with Gasteiger partial charge in [-0.15, -0.1) is 0 Å². The van der Waals surface area contributed by atoms with Gasteiger partial charge >= 0.3 is 35.4 Å². The van der Waals surface area contributed by atoms with Crippen LogP contribution in [-0.2, 0) is 50.9 Å². The molecule has 0 radical (unpaired) electrons. The average molecular weight is 1050 g/mol. The summed E-state index contributed by atoms with van der Waals surface area (Å²) >= 11 is 0. The van der Waals surface area contributed by atoms with Gasteiger partial charge in [0, 0.05) is 12.8 Å². The highest BCUT2D eigenvalue weighted by molar-refractivity contribution is 7.47. The number of hydrogen-bond acceptors (Lipinski definition) is 14. The first kappa shape index (κ1) is 65.1. The van der Waals surface area contributed by atoms with E-state index in [0.29, 0.717) is 25.7 Å². The van der Waals surface area contributed by atoms with E-state index in [0.717, 1.165) is 64.2 Å². The molecule has 8 atom stereocenters. The highest BCUT2D eigenvalue weighted by atomic mass is 31.2. The summed E-state index contributed by atoms with van der Waals surface area (Å²) in [7, 11) is -16.6. The number of aliphatic hydroxyl groups is 3. The van der Waals surface area contributed by atoms with Gasteiger partial charge in [-0.3, -0.25) is 27.7 Å². The number of esters is 2. The molecule has 0 aromatic heterocycles. The Balaban J connectivity index is 2.75. The maximum atomic E-state index is 13.1. The molecule has 0 saturated heterocycles. The van der Waals surface area contributed by atoms with Gasteiger partial charge in [-0.25, -0.2) is 13.7 Å². The monoisotopic (exact) mass is 1050 g/mol. The van der Waals surface area contributed by atoms with E-state index in [1.807, 2.05) is 12.2 Å². The van der Waals surface area contributed by atoms with Crippen molar-refractivity contribution in [2.45, 2.75) is 224 Å². The van der Waals surface area contributed by atoms with Gasteiger partial charge in [0.15, 0.2) is 6.10 Å². The maximum absolute atomic E-state index is 13.1. The van der Waals surface area contributed by atoms with Crippen LogP contribution in [-0.4, -0.2) is 108 Å². The van der Waals surface area contributed by atoms with Gasteiger partial charge in [0.25, 0.3) is 0 Å². The predicted molar refractivity (Wildman–Crippen MR) is 261 cm³/mol. The zero-order valence-electron chi connectivity index (χ0n) is 40.9. The first-order chi connectivity index (χ1) is 32.8. The molecule has 0 aromatic carbocycles. The number of hydrogen-bond donors (Lipinski definition) is 8. The summed E-state index contributed by atoms with van der Waals surface area (Å²) < 4.78 is 65.5. The van der Waals surface area contributed by atoms with E-state index in [9.17, 15) is 63.1 Å². The lowest BCUT2D eigenvalue weighted by Crippen LogP contribution is -2.65. The second kappa shape index (κ2) is 38.7. The normalized spacial score (nSPS) is 21.7. The standard InChI is InChI=1S/C47H85O19P3/c1-3-5-7-9-11-13-15-17-19-20-22-24-26-28-30-32-34-36-41(49)63-39(37-61-40(48)35-33-31-29-27-25-23-21-18-16-14-12-10-8-6-4-2)38-62-69(59,60)66-45-42(50)43(51)46(64-67(53,54)55)47(44(45)52)65-68(56,57)58/h14,16-17,19,22,24,28,30,39,42-47,50-52H,3-13,15,18,20-21,23,25-27,29,31-38H2,1-2H3,(H,59,60)(H2,53,54,55)(H2,56,57,58). The number of phosphoric acid groups is 3. The van der Waals surface area contributed by atoms with Crippen molar-refractivity contribution in [3.8, 4) is 0 Å². The number of aliphatic hydroxyl groups excluding tert-OH is 3. The molecule has 1 aliphatic rings. The van der Waals surface area contributed by atoms with Crippen molar-refractivity contribution >= 4 is 35.4 Å². The summed E-state index contributed by atoms with van der Waals surface area (Å²) in [6.07, 6.45) is 25.6. The first-order valence-corrected chi connectivity index (χ1v) is 29.5. The number of carbonyl (C=O) groups excluding carboxylic acids is 2. The fourth-order valence-corrected chi connectivity index (χ4v) is 9.45. The highest BCUT2D eigenvalue weighted by Gasteiger charge is 2.56. The van der Waals surface area contributed by atoms with Crippen LogP contribution in [0.1, 0.15) is 181 Å². The minimum absolute atomic E-state index is 0.0635. The summed E-state index contributed by atoms with van der Waals surface area (Å²) in [5.74, 6) is -1.36. The smallest absolute Gasteiger partial charge is 0.462 e. The Hall–Kier alpha value is -1.89. The van der Waals surface area contributed by atoms with Crippen LogP contribution in [0, 0.1) is 0 Å². The van der Waals surface area contributed by atoms with Gasteiger partial charge in [-0.2, -0.15) is 0 Å². The van der Waals surface area contributed by atoms with Gasteiger partial charge in [0.2, 0.25) is 0 Å². The van der Waals surface area contributed by atoms with Crippen molar-refractivity contribution in [3.63, 3.8) is 0 Å². The van der Waals surface area contributed by atoms with Gasteiger partial charge in [-0.1, -0.05) is 146 Å². The molecular formula is C47H85O19P3. The number of allylic oxidation sites excluding steroid dienone is 8. The molecule has 1 aliphatic carbocycles. The molecule has 0 bridgehead atoms. The van der Waals surface area contributed by atoms with Crippen LogP contribution in [0.15, 0.2) is 48.6 Å². The Bertz CT molecular complexity index is 1630. The van der Waals surface area contributed by atoms with Crippen LogP contribution in [0.3, 0.4) is 0 Å². The number of rotatable bonds is 42. The minimum atomic E-state index is -5.61. The zero-order chi connectivity index (χ0) is 51.4. The molecule has 1 rings (SSSR count). The Morgan fingerprint density at radius 2 is 0.855 bits per heavy atom. The van der Waals surface area contributed by atoms with Crippen molar-refractivity contribution < 1.29 is 90.6 Å². The third kappa shape index (κ3) is 35.0. The summed E-state index contributed by atoms with van der Waals surface area (Å²) in [6.45, 7) is 2.89. The third-order valence-corrected chi connectivity index (χ3v) is 13.1. The van der Waals surface area contributed by atoms with E-state index < -0.39 is 91.3 Å². The number of unbranched alkanes of at least 4 members (excludes halogenated alkanes) is 18. The highest BCUT2D eigenvalue weighted by Crippen LogP contribution is 2.51. The fourth-order valence-electron chi connectivity index (χ4n) is 7.36. The molecule has 1 saturated carbocycles. The van der Waals surface area contributed by atoms with Gasteiger partial charge in [0.1, 0.15) is 43.2 Å². The topological polar surface area (TPSA) is 303 Å². The predicted octanol–water partition coefficient (Wildman–Crippen LogP) is 9.40. The van der Waals surface area contributed by atoms with Crippen LogP contribution in [0.4, 0.5) is 0 Å². The fraction of sp³-hybridized carbons (Fsp3) is 0.787. The molecule has 8 N–H and O–H groups in total. The molecule has 0 amide bonds. The Morgan fingerprint density at radius 1 is 0.464 bits per heavy atom. The van der Waals surface area contributed by atoms with Gasteiger partial charge < -0.3 is 49.3 Å². The van der Waals surface area contributed by atoms with Crippen LogP contribution in [0.5, 0.6) is 0 Å². The van der Waals surface area contributed by atoms with E-state index in [1.165, 1.54) is 64.2 Å². The van der Waals surface area contributed by atoms with Crippen molar-refractivity contribution in [2.75, 3.05) is 13.2 Å². The van der Waals surface area contributed by atoms with Crippen molar-refractivity contribution in [1.29, 1.82) is 0 Å². The second-order valence-electron chi connectivity index (χ2n) is 17.4. The minimum Gasteiger partial charge on any atom is -0.462 e. The van der Waals surface area contributed by atoms with E-state index in [-0.39, 0.29) is 12.8 Å². The lowest BCUT2D eigenvalue weighted by molar-refractivity contribution is -0.213. The molecule has 69 heavy (non-hydrogen) atoms. The van der Waals surface area contributed by atoms with E-state index >= 15 is 0 Å². The zero-order valence-corrected chi connectivity index (χ0v) is 43.6. The molecule has 0 aliphatic heterocycles. The van der Waals surface area contributed by atoms with Crippen molar-refractivity contribution in [3.05, 3.63) is 48.6 Å². The van der Waals surface area contributed by atoms with E-state index in [2.05, 4.69) is 59.4 Å². The van der Waals surface area contributed by atoms with E-state index in [4.69, 9.17) is 18.5 Å². The van der Waals surface area contributed by atoms with Crippen molar-refractivity contribution in [1.82, 2.24) is 0 Å². The molecule has 22 heteroatoms. The molecule has 0 spiro atoms. The number of carbonyl (C=O) groups is 2. The van der Waals surface area contributed by atoms with Crippen LogP contribution < -0.4 is 0 Å². The Labute approximate surface area is 410 Å². The summed E-state index contributed by atoms with van der Waals surface area (Å²) in [5.41, 5.74) is 0. The molecule has 19 nitrogen and oxygen atoms in total. The van der Waals surface area contributed by atoms with E-state index in [1.54, 1.807) is 0 Å².